The maximum atomic E-state index is 13.7. The van der Waals surface area contributed by atoms with Gasteiger partial charge in [0.25, 0.3) is 5.91 Å². The van der Waals surface area contributed by atoms with Gasteiger partial charge in [0.15, 0.2) is 6.29 Å². The molecule has 2 rings (SSSR count). The number of hydrogen-bond acceptors (Lipinski definition) is 5. The van der Waals surface area contributed by atoms with Crippen molar-refractivity contribution >= 4 is 5.91 Å². The lowest BCUT2D eigenvalue weighted by molar-refractivity contribution is -0.273. The largest absolute Gasteiger partial charge is 0.426 e. The van der Waals surface area contributed by atoms with Gasteiger partial charge in [-0.3, -0.25) is 10.2 Å². The molecule has 25 heavy (non-hydrogen) atoms. The first-order valence-electron chi connectivity index (χ1n) is 7.88. The molecule has 140 valence electrons. The number of amides is 1. The Morgan fingerprint density at radius 3 is 2.44 bits per heavy atom. The highest BCUT2D eigenvalue weighted by molar-refractivity contribution is 5.85. The van der Waals surface area contributed by atoms with Crippen LogP contribution in [0.15, 0.2) is 30.3 Å². The number of nitrogens with two attached hydrogens (primary N) is 1. The molecule has 1 aromatic rings. The lowest BCUT2D eigenvalue weighted by Crippen LogP contribution is -2.60. The van der Waals surface area contributed by atoms with Crippen molar-refractivity contribution < 1.29 is 32.2 Å². The Morgan fingerprint density at radius 1 is 1.24 bits per heavy atom. The highest BCUT2D eigenvalue weighted by Gasteiger charge is 2.61. The average Bonchev–Trinajstić information content (AvgIpc) is 3.10. The Bertz CT molecular complexity index is 550. The highest BCUT2D eigenvalue weighted by Crippen LogP contribution is 2.39. The van der Waals surface area contributed by atoms with Gasteiger partial charge in [0.1, 0.15) is 0 Å². The molecule has 0 bridgehead atoms. The number of ether oxygens (including phenoxy) is 3. The van der Waals surface area contributed by atoms with E-state index in [4.69, 9.17) is 20.1 Å². The molecule has 1 aliphatic heterocycles. The molecular weight excluding hydrogens is 341 g/mol. The molecule has 9 heteroatoms. The summed E-state index contributed by atoms with van der Waals surface area (Å²) in [7, 11) is 0. The van der Waals surface area contributed by atoms with Crippen molar-refractivity contribution in [3.63, 3.8) is 0 Å². The molecule has 0 saturated carbocycles. The fourth-order valence-electron chi connectivity index (χ4n) is 2.59. The van der Waals surface area contributed by atoms with E-state index in [2.05, 4.69) is 0 Å². The third-order valence-electron chi connectivity index (χ3n) is 3.94. The average molecular weight is 362 g/mol. The standard InChI is InChI=1S/C16H21F3N2O4/c17-16(18,19)15(14(22)21-20,8-4-7-13-23-9-10-24-13)25-11-12-5-2-1-3-6-12/h1-3,5-6,13H,4,7-11,20H2,(H,21,22). The fraction of sp³-hybridized carbons (Fsp3) is 0.562. The van der Waals surface area contributed by atoms with Gasteiger partial charge in [-0.15, -0.1) is 0 Å². The van der Waals surface area contributed by atoms with Crippen molar-refractivity contribution in [1.29, 1.82) is 0 Å². The predicted molar refractivity (Wildman–Crippen MR) is 81.9 cm³/mol. The smallest absolute Gasteiger partial charge is 0.352 e. The number of hydrogen-bond donors (Lipinski definition) is 2. The summed E-state index contributed by atoms with van der Waals surface area (Å²) >= 11 is 0. The number of carbonyl (C=O) groups is 1. The maximum Gasteiger partial charge on any atom is 0.426 e. The van der Waals surface area contributed by atoms with Crippen molar-refractivity contribution in [1.82, 2.24) is 5.43 Å². The van der Waals surface area contributed by atoms with Crippen molar-refractivity contribution in [3.05, 3.63) is 35.9 Å². The number of alkyl halides is 3. The van der Waals surface area contributed by atoms with Crippen LogP contribution in [0.4, 0.5) is 13.2 Å². The Morgan fingerprint density at radius 2 is 1.88 bits per heavy atom. The third-order valence-corrected chi connectivity index (χ3v) is 3.94. The van der Waals surface area contributed by atoms with Gasteiger partial charge in [-0.2, -0.15) is 13.2 Å². The van der Waals surface area contributed by atoms with Crippen molar-refractivity contribution in [3.8, 4) is 0 Å². The van der Waals surface area contributed by atoms with Crippen LogP contribution >= 0.6 is 0 Å². The molecule has 1 aliphatic rings. The quantitative estimate of drug-likeness (QED) is 0.420. The number of nitrogens with one attached hydrogen (secondary N) is 1. The topological polar surface area (TPSA) is 82.8 Å². The second-order valence-electron chi connectivity index (χ2n) is 5.64. The van der Waals surface area contributed by atoms with Gasteiger partial charge in [-0.25, -0.2) is 5.84 Å². The number of benzene rings is 1. The summed E-state index contributed by atoms with van der Waals surface area (Å²) < 4.78 is 56.6. The molecule has 1 fully saturated rings. The minimum atomic E-state index is -4.93. The molecule has 0 aromatic heterocycles. The molecule has 1 heterocycles. The summed E-state index contributed by atoms with van der Waals surface area (Å²) in [6.07, 6.45) is -5.82. The lowest BCUT2D eigenvalue weighted by atomic mass is 9.94. The van der Waals surface area contributed by atoms with Gasteiger partial charge in [0.2, 0.25) is 5.60 Å². The van der Waals surface area contributed by atoms with E-state index in [1.807, 2.05) is 0 Å². The molecular formula is C16H21F3N2O4. The van der Waals surface area contributed by atoms with E-state index in [9.17, 15) is 18.0 Å². The normalized spacial score (nSPS) is 18.1. The summed E-state index contributed by atoms with van der Waals surface area (Å²) in [5.74, 6) is 3.56. The van der Waals surface area contributed by atoms with Crippen molar-refractivity contribution in [2.24, 2.45) is 5.84 Å². The van der Waals surface area contributed by atoms with E-state index in [1.165, 1.54) is 0 Å². The first kappa shape index (κ1) is 19.6. The van der Waals surface area contributed by atoms with Crippen LogP contribution in [0.1, 0.15) is 24.8 Å². The molecule has 3 N–H and O–H groups in total. The van der Waals surface area contributed by atoms with Gasteiger partial charge in [0, 0.05) is 0 Å². The van der Waals surface area contributed by atoms with Crippen LogP contribution in [0.2, 0.25) is 0 Å². The zero-order valence-electron chi connectivity index (χ0n) is 13.6. The van der Waals surface area contributed by atoms with Crippen molar-refractivity contribution in [2.45, 2.75) is 43.9 Å². The zero-order chi connectivity index (χ0) is 18.3. The SMILES string of the molecule is NNC(=O)C(CCCC1OCCO1)(OCc1ccccc1)C(F)(F)F. The molecule has 0 radical (unpaired) electrons. The van der Waals surface area contributed by atoms with E-state index in [0.717, 1.165) is 0 Å². The molecule has 0 spiro atoms. The fourth-order valence-corrected chi connectivity index (χ4v) is 2.59. The van der Waals surface area contributed by atoms with Crippen LogP contribution < -0.4 is 11.3 Å². The Labute approximate surface area is 143 Å². The van der Waals surface area contributed by atoms with Crippen LogP contribution in [0.3, 0.4) is 0 Å². The van der Waals surface area contributed by atoms with Crippen LogP contribution in [0, 0.1) is 0 Å². The summed E-state index contributed by atoms with van der Waals surface area (Å²) in [4.78, 5) is 12.0. The Kier molecular flexibility index (Phi) is 6.77. The lowest BCUT2D eigenvalue weighted by Gasteiger charge is -2.34. The van der Waals surface area contributed by atoms with Gasteiger partial charge in [-0.05, 0) is 24.8 Å². The molecule has 1 atom stereocenters. The minimum absolute atomic E-state index is 0.0202. The maximum absolute atomic E-state index is 13.7. The van der Waals surface area contributed by atoms with Gasteiger partial charge in [0.05, 0.1) is 19.8 Å². The Hall–Kier alpha value is -1.68. The number of hydrazine groups is 1. The summed E-state index contributed by atoms with van der Waals surface area (Å²) in [6, 6.07) is 8.30. The number of halogens is 3. The minimum Gasteiger partial charge on any atom is -0.352 e. The first-order chi connectivity index (χ1) is 11.9. The van der Waals surface area contributed by atoms with E-state index in [0.29, 0.717) is 18.8 Å². The van der Waals surface area contributed by atoms with E-state index in [-0.39, 0.29) is 19.4 Å². The summed E-state index contributed by atoms with van der Waals surface area (Å²) in [5.41, 5.74) is -0.934. The molecule has 6 nitrogen and oxygen atoms in total. The highest BCUT2D eigenvalue weighted by atomic mass is 19.4. The Balaban J connectivity index is 2.10. The number of carbonyl (C=O) groups excluding carboxylic acids is 1. The second-order valence-corrected chi connectivity index (χ2v) is 5.64. The van der Waals surface area contributed by atoms with Gasteiger partial charge >= 0.3 is 6.18 Å². The monoisotopic (exact) mass is 362 g/mol. The molecule has 1 amide bonds. The van der Waals surface area contributed by atoms with Gasteiger partial charge in [-0.1, -0.05) is 30.3 Å². The van der Waals surface area contributed by atoms with E-state index >= 15 is 0 Å². The summed E-state index contributed by atoms with van der Waals surface area (Å²) in [5, 5.41) is 0. The van der Waals surface area contributed by atoms with Gasteiger partial charge < -0.3 is 14.2 Å². The second kappa shape index (κ2) is 8.61. The number of rotatable bonds is 8. The first-order valence-corrected chi connectivity index (χ1v) is 7.88. The van der Waals surface area contributed by atoms with Crippen molar-refractivity contribution in [2.75, 3.05) is 13.2 Å². The van der Waals surface area contributed by atoms with Crippen LogP contribution in [-0.4, -0.2) is 37.2 Å². The summed E-state index contributed by atoms with van der Waals surface area (Å²) in [6.45, 7) is 0.440. The van der Waals surface area contributed by atoms with E-state index in [1.54, 1.807) is 35.8 Å². The molecule has 1 saturated heterocycles. The third kappa shape index (κ3) is 4.91. The van der Waals surface area contributed by atoms with E-state index < -0.39 is 30.4 Å². The molecule has 1 unspecified atom stereocenters. The predicted octanol–water partition coefficient (Wildman–Crippen LogP) is 2.04. The van der Waals surface area contributed by atoms with Crippen LogP contribution in [0.5, 0.6) is 0 Å². The van der Waals surface area contributed by atoms with Crippen LogP contribution in [-0.2, 0) is 25.6 Å². The molecule has 0 aliphatic carbocycles. The van der Waals surface area contributed by atoms with Crippen LogP contribution in [0.25, 0.3) is 0 Å². The zero-order valence-corrected chi connectivity index (χ0v) is 13.6. The molecule has 1 aromatic carbocycles.